The second-order valence-electron chi connectivity index (χ2n) is 2.51. The van der Waals surface area contributed by atoms with Crippen LogP contribution in [0.2, 0.25) is 0 Å². The quantitative estimate of drug-likeness (QED) is 0.548. The number of fused-ring (bicyclic) bond motifs is 1. The Morgan fingerprint density at radius 1 is 1.55 bits per heavy atom. The van der Waals surface area contributed by atoms with Crippen molar-refractivity contribution in [2.24, 2.45) is 0 Å². The molecule has 1 heterocycles. The van der Waals surface area contributed by atoms with Gasteiger partial charge in [-0.05, 0) is 12.0 Å². The number of rotatable bonds is 0. The summed E-state index contributed by atoms with van der Waals surface area (Å²) in [4.78, 5) is 7.86. The number of hydrogen-bond acceptors (Lipinski definition) is 3. The average Bonchev–Trinajstić information content (AvgIpc) is 2.06. The maximum absolute atomic E-state index is 9.38. The van der Waals surface area contributed by atoms with E-state index in [0.29, 0.717) is 0 Å². The number of nitrogens with zero attached hydrogens (tertiary/aromatic N) is 2. The second-order valence-corrected chi connectivity index (χ2v) is 2.51. The van der Waals surface area contributed by atoms with Gasteiger partial charge in [0.2, 0.25) is 0 Å². The standard InChI is InChI=1S/C8H8N2O/c11-7-3-1-2-6-4-9-5-10-8(6)7/h1,3-5,7,11H,2H2. The molecule has 1 aliphatic carbocycles. The van der Waals surface area contributed by atoms with Crippen LogP contribution >= 0.6 is 0 Å². The number of aromatic nitrogens is 2. The van der Waals surface area contributed by atoms with Gasteiger partial charge < -0.3 is 5.11 Å². The van der Waals surface area contributed by atoms with E-state index < -0.39 is 6.10 Å². The second kappa shape index (κ2) is 2.43. The largest absolute Gasteiger partial charge is 0.383 e. The highest BCUT2D eigenvalue weighted by molar-refractivity contribution is 5.27. The minimum atomic E-state index is -0.540. The third-order valence-corrected chi connectivity index (χ3v) is 1.76. The van der Waals surface area contributed by atoms with Crippen LogP contribution in [0.15, 0.2) is 24.7 Å². The predicted molar refractivity (Wildman–Crippen MR) is 39.8 cm³/mol. The van der Waals surface area contributed by atoms with Crippen LogP contribution in [0.3, 0.4) is 0 Å². The van der Waals surface area contributed by atoms with Crippen molar-refractivity contribution in [3.63, 3.8) is 0 Å². The maximum Gasteiger partial charge on any atom is 0.115 e. The Morgan fingerprint density at radius 3 is 3.27 bits per heavy atom. The van der Waals surface area contributed by atoms with E-state index in [1.54, 1.807) is 12.3 Å². The zero-order valence-electron chi connectivity index (χ0n) is 5.94. The molecule has 0 saturated heterocycles. The van der Waals surface area contributed by atoms with Gasteiger partial charge in [-0.25, -0.2) is 9.97 Å². The van der Waals surface area contributed by atoms with Crippen molar-refractivity contribution >= 4 is 0 Å². The molecule has 3 nitrogen and oxygen atoms in total. The third-order valence-electron chi connectivity index (χ3n) is 1.76. The Bertz CT molecular complexity index is 296. The van der Waals surface area contributed by atoms with Crippen molar-refractivity contribution in [2.75, 3.05) is 0 Å². The molecule has 1 unspecified atom stereocenters. The lowest BCUT2D eigenvalue weighted by molar-refractivity contribution is 0.220. The predicted octanol–water partition coefficient (Wildman–Crippen LogP) is 0.622. The first-order valence-corrected chi connectivity index (χ1v) is 3.51. The van der Waals surface area contributed by atoms with Crippen molar-refractivity contribution in [3.8, 4) is 0 Å². The lowest BCUT2D eigenvalue weighted by Crippen LogP contribution is -2.06. The molecule has 1 atom stereocenters. The number of aliphatic hydroxyl groups is 1. The van der Waals surface area contributed by atoms with E-state index in [9.17, 15) is 5.11 Å². The Balaban J connectivity index is 2.50. The molecule has 56 valence electrons. The van der Waals surface area contributed by atoms with Gasteiger partial charge in [-0.3, -0.25) is 0 Å². The van der Waals surface area contributed by atoms with Crippen molar-refractivity contribution in [3.05, 3.63) is 35.9 Å². The minimum Gasteiger partial charge on any atom is -0.383 e. The lowest BCUT2D eigenvalue weighted by atomic mass is 10.0. The van der Waals surface area contributed by atoms with Crippen LogP contribution in [-0.4, -0.2) is 15.1 Å². The van der Waals surface area contributed by atoms with Crippen LogP contribution in [0.1, 0.15) is 17.4 Å². The van der Waals surface area contributed by atoms with Crippen LogP contribution < -0.4 is 0 Å². The monoisotopic (exact) mass is 148 g/mol. The average molecular weight is 148 g/mol. The first-order chi connectivity index (χ1) is 5.38. The van der Waals surface area contributed by atoms with E-state index in [0.717, 1.165) is 17.7 Å². The van der Waals surface area contributed by atoms with Crippen molar-refractivity contribution in [1.29, 1.82) is 0 Å². The molecule has 1 aliphatic rings. The van der Waals surface area contributed by atoms with Crippen molar-refractivity contribution in [2.45, 2.75) is 12.5 Å². The summed E-state index contributed by atoms with van der Waals surface area (Å²) in [5.74, 6) is 0. The number of hydrogen-bond donors (Lipinski definition) is 1. The third kappa shape index (κ3) is 1.03. The van der Waals surface area contributed by atoms with Crippen LogP contribution in [-0.2, 0) is 6.42 Å². The first kappa shape index (κ1) is 6.49. The SMILES string of the molecule is OC1C=CCc2cncnc21. The molecule has 0 aromatic carbocycles. The first-order valence-electron chi connectivity index (χ1n) is 3.51. The van der Waals surface area contributed by atoms with Crippen molar-refractivity contribution < 1.29 is 5.11 Å². The fraction of sp³-hybridized carbons (Fsp3) is 0.250. The van der Waals surface area contributed by atoms with Gasteiger partial charge in [0, 0.05) is 6.20 Å². The molecule has 3 heteroatoms. The number of allylic oxidation sites excluding steroid dienone is 1. The molecule has 0 aliphatic heterocycles. The van der Waals surface area contributed by atoms with Gasteiger partial charge in [0.1, 0.15) is 12.4 Å². The van der Waals surface area contributed by atoms with Crippen LogP contribution in [0, 0.1) is 0 Å². The smallest absolute Gasteiger partial charge is 0.115 e. The highest BCUT2D eigenvalue weighted by Gasteiger charge is 2.13. The van der Waals surface area contributed by atoms with E-state index >= 15 is 0 Å². The van der Waals surface area contributed by atoms with E-state index in [1.807, 2.05) is 6.08 Å². The van der Waals surface area contributed by atoms with Gasteiger partial charge >= 0.3 is 0 Å². The van der Waals surface area contributed by atoms with E-state index in [1.165, 1.54) is 6.33 Å². The van der Waals surface area contributed by atoms with Gasteiger partial charge in [-0.1, -0.05) is 12.2 Å². The summed E-state index contributed by atoms with van der Waals surface area (Å²) in [6.45, 7) is 0. The molecule has 0 spiro atoms. The number of aliphatic hydroxyl groups excluding tert-OH is 1. The Kier molecular flexibility index (Phi) is 1.43. The molecule has 1 N–H and O–H groups in total. The summed E-state index contributed by atoms with van der Waals surface area (Å²) in [6, 6.07) is 0. The van der Waals surface area contributed by atoms with Crippen LogP contribution in [0.25, 0.3) is 0 Å². The molecule has 1 aromatic rings. The van der Waals surface area contributed by atoms with Gasteiger partial charge in [0.15, 0.2) is 0 Å². The summed E-state index contributed by atoms with van der Waals surface area (Å²) < 4.78 is 0. The molecule has 0 radical (unpaired) electrons. The van der Waals surface area contributed by atoms with Gasteiger partial charge in [0.25, 0.3) is 0 Å². The highest BCUT2D eigenvalue weighted by atomic mass is 16.3. The van der Waals surface area contributed by atoms with Crippen molar-refractivity contribution in [1.82, 2.24) is 9.97 Å². The summed E-state index contributed by atoms with van der Waals surface area (Å²) in [5, 5.41) is 9.38. The van der Waals surface area contributed by atoms with Gasteiger partial charge in [-0.2, -0.15) is 0 Å². The topological polar surface area (TPSA) is 46.0 Å². The minimum absolute atomic E-state index is 0.540. The summed E-state index contributed by atoms with van der Waals surface area (Å²) in [5.41, 5.74) is 1.75. The fourth-order valence-electron chi connectivity index (χ4n) is 1.21. The molecule has 0 bridgehead atoms. The molecule has 0 saturated carbocycles. The van der Waals surface area contributed by atoms with E-state index in [2.05, 4.69) is 9.97 Å². The molecule has 11 heavy (non-hydrogen) atoms. The molecule has 1 aromatic heterocycles. The van der Waals surface area contributed by atoms with Gasteiger partial charge in [-0.15, -0.1) is 0 Å². The fourth-order valence-corrected chi connectivity index (χ4v) is 1.21. The lowest BCUT2D eigenvalue weighted by Gasteiger charge is -2.13. The zero-order chi connectivity index (χ0) is 7.68. The Morgan fingerprint density at radius 2 is 2.45 bits per heavy atom. The summed E-state index contributed by atoms with van der Waals surface area (Å²) in [7, 11) is 0. The maximum atomic E-state index is 9.38. The Labute approximate surface area is 64.4 Å². The van der Waals surface area contributed by atoms with E-state index in [-0.39, 0.29) is 0 Å². The molecule has 2 rings (SSSR count). The normalized spacial score (nSPS) is 21.4. The Hall–Kier alpha value is -1.22. The summed E-state index contributed by atoms with van der Waals surface area (Å²) in [6.07, 6.45) is 7.16. The van der Waals surface area contributed by atoms with E-state index in [4.69, 9.17) is 0 Å². The molecule has 0 fully saturated rings. The summed E-state index contributed by atoms with van der Waals surface area (Å²) >= 11 is 0. The molecular formula is C8H8N2O. The van der Waals surface area contributed by atoms with Crippen LogP contribution in [0.4, 0.5) is 0 Å². The zero-order valence-corrected chi connectivity index (χ0v) is 5.94. The van der Waals surface area contributed by atoms with Crippen LogP contribution in [0.5, 0.6) is 0 Å². The highest BCUT2D eigenvalue weighted by Crippen LogP contribution is 2.20. The van der Waals surface area contributed by atoms with Gasteiger partial charge in [0.05, 0.1) is 5.69 Å². The molecule has 0 amide bonds. The molecular weight excluding hydrogens is 140 g/mol.